The first-order chi connectivity index (χ1) is 9.22. The van der Waals surface area contributed by atoms with Gasteiger partial charge in [0.15, 0.2) is 5.69 Å². The summed E-state index contributed by atoms with van der Waals surface area (Å²) in [6.45, 7) is 4.08. The molecule has 0 saturated heterocycles. The molecule has 5 heteroatoms. The van der Waals surface area contributed by atoms with Crippen LogP contribution in [-0.4, -0.2) is 10.1 Å². The van der Waals surface area contributed by atoms with E-state index in [-0.39, 0.29) is 0 Å². The summed E-state index contributed by atoms with van der Waals surface area (Å²) < 4.78 is 2.98. The molecule has 0 radical (unpaired) electrons. The van der Waals surface area contributed by atoms with Crippen LogP contribution in [0.1, 0.15) is 17.0 Å². The minimum Gasteiger partial charge on any atom is -0.0871 e. The Morgan fingerprint density at radius 3 is 2.79 bits per heavy atom. The van der Waals surface area contributed by atoms with Crippen LogP contribution in [0.4, 0.5) is 0 Å². The van der Waals surface area contributed by atoms with Crippen molar-refractivity contribution in [2.75, 3.05) is 0 Å². The van der Waals surface area contributed by atoms with E-state index >= 15 is 0 Å². The summed E-state index contributed by atoms with van der Waals surface area (Å²) >= 11 is 3.41. The lowest BCUT2D eigenvalue weighted by atomic mass is 10.2. The van der Waals surface area contributed by atoms with Crippen molar-refractivity contribution < 1.29 is 4.52 Å². The van der Waals surface area contributed by atoms with Crippen LogP contribution >= 0.6 is 23.1 Å². The molecule has 0 aliphatic heterocycles. The van der Waals surface area contributed by atoms with Crippen LogP contribution in [-0.2, 0) is 5.75 Å². The molecular formula is C14H14N3S2+. The summed E-state index contributed by atoms with van der Waals surface area (Å²) in [5.74, 6) is 0.944. The van der Waals surface area contributed by atoms with E-state index in [0.29, 0.717) is 0 Å². The van der Waals surface area contributed by atoms with E-state index in [2.05, 4.69) is 47.3 Å². The van der Waals surface area contributed by atoms with E-state index in [4.69, 9.17) is 0 Å². The quantitative estimate of drug-likeness (QED) is 0.547. The Morgan fingerprint density at radius 2 is 2.00 bits per heavy atom. The molecule has 0 N–H and O–H groups in total. The molecule has 3 nitrogen and oxygen atoms in total. The van der Waals surface area contributed by atoms with Crippen LogP contribution in [0, 0.1) is 13.8 Å². The molecular weight excluding hydrogens is 274 g/mol. The Hall–Kier alpha value is -1.46. The molecule has 2 heterocycles. The van der Waals surface area contributed by atoms with E-state index in [1.807, 2.05) is 17.5 Å². The number of benzene rings is 1. The number of aromatic nitrogens is 3. The van der Waals surface area contributed by atoms with Crippen molar-refractivity contribution in [1.82, 2.24) is 10.1 Å². The number of rotatable bonds is 3. The van der Waals surface area contributed by atoms with Crippen LogP contribution in [0.2, 0.25) is 0 Å². The molecule has 0 saturated carbocycles. The molecule has 0 unspecified atom stereocenters. The Labute approximate surface area is 120 Å². The summed E-state index contributed by atoms with van der Waals surface area (Å²) in [5, 5.41) is 4.60. The molecule has 1 aromatic carbocycles. The van der Waals surface area contributed by atoms with Crippen LogP contribution in [0.5, 0.6) is 0 Å². The fourth-order valence-corrected chi connectivity index (χ4v) is 3.89. The third-order valence-corrected chi connectivity index (χ3v) is 4.88. The van der Waals surface area contributed by atoms with Crippen molar-refractivity contribution in [1.29, 1.82) is 0 Å². The highest BCUT2D eigenvalue weighted by Gasteiger charge is 2.16. The molecule has 2 aromatic heterocycles. The molecule has 19 heavy (non-hydrogen) atoms. The van der Waals surface area contributed by atoms with E-state index < -0.39 is 0 Å². The van der Waals surface area contributed by atoms with Crippen molar-refractivity contribution in [2.45, 2.75) is 23.9 Å². The highest BCUT2D eigenvalue weighted by molar-refractivity contribution is 8.00. The van der Waals surface area contributed by atoms with Crippen molar-refractivity contribution in [3.05, 3.63) is 53.3 Å². The summed E-state index contributed by atoms with van der Waals surface area (Å²) in [6, 6.07) is 12.5. The zero-order chi connectivity index (χ0) is 13.2. The number of nitrogens with zero attached hydrogens (tertiary/aromatic N) is 3. The van der Waals surface area contributed by atoms with Crippen molar-refractivity contribution >= 4 is 28.1 Å². The Morgan fingerprint density at radius 1 is 1.21 bits per heavy atom. The molecule has 3 aromatic rings. The van der Waals surface area contributed by atoms with Crippen molar-refractivity contribution in [3.8, 4) is 0 Å². The standard InChI is InChI=1S/C14H14N3S2/c1-10-8-11(2)17-13(15-10)19-14(16-17)18-9-12-6-4-3-5-7-12/h3-8H,9H2,1-2H3/q+1. The van der Waals surface area contributed by atoms with Gasteiger partial charge in [-0.05, 0) is 21.9 Å². The van der Waals surface area contributed by atoms with Crippen LogP contribution in [0.15, 0.2) is 40.7 Å². The number of hydrogen-bond acceptors (Lipinski definition) is 4. The highest BCUT2D eigenvalue weighted by Crippen LogP contribution is 2.25. The third-order valence-electron chi connectivity index (χ3n) is 2.77. The Kier molecular flexibility index (Phi) is 3.48. The molecule has 0 bridgehead atoms. The van der Waals surface area contributed by atoms with Gasteiger partial charge < -0.3 is 0 Å². The van der Waals surface area contributed by atoms with Gasteiger partial charge in [0.2, 0.25) is 4.34 Å². The van der Waals surface area contributed by atoms with Gasteiger partial charge in [0, 0.05) is 25.7 Å². The summed E-state index contributed by atoms with van der Waals surface area (Å²) in [7, 11) is 0. The first kappa shape index (κ1) is 12.6. The van der Waals surface area contributed by atoms with Crippen molar-refractivity contribution in [3.63, 3.8) is 0 Å². The zero-order valence-corrected chi connectivity index (χ0v) is 12.5. The summed E-state index contributed by atoms with van der Waals surface area (Å²) in [6.07, 6.45) is 0. The maximum absolute atomic E-state index is 4.60. The van der Waals surface area contributed by atoms with E-state index in [1.54, 1.807) is 23.1 Å². The minimum atomic E-state index is 0.944. The largest absolute Gasteiger partial charge is 0.410 e. The summed E-state index contributed by atoms with van der Waals surface area (Å²) in [5.41, 5.74) is 3.49. The second-order valence-electron chi connectivity index (χ2n) is 4.38. The first-order valence-corrected chi connectivity index (χ1v) is 7.86. The van der Waals surface area contributed by atoms with Gasteiger partial charge in [-0.2, -0.15) is 0 Å². The fourth-order valence-electron chi connectivity index (χ4n) is 1.89. The number of thioether (sulfide) groups is 1. The second-order valence-corrected chi connectivity index (χ2v) is 6.55. The minimum absolute atomic E-state index is 0.944. The predicted molar refractivity (Wildman–Crippen MR) is 78.5 cm³/mol. The summed E-state index contributed by atoms with van der Waals surface area (Å²) in [4.78, 5) is 5.48. The topological polar surface area (TPSA) is 29.9 Å². The van der Waals surface area contributed by atoms with Crippen LogP contribution in [0.3, 0.4) is 0 Å². The van der Waals surface area contributed by atoms with Gasteiger partial charge in [-0.1, -0.05) is 51.7 Å². The smallest absolute Gasteiger partial charge is 0.0871 e. The normalized spacial score (nSPS) is 11.1. The lowest BCUT2D eigenvalue weighted by molar-refractivity contribution is -0.588. The van der Waals surface area contributed by atoms with Gasteiger partial charge in [0.25, 0.3) is 0 Å². The second kappa shape index (κ2) is 5.27. The van der Waals surface area contributed by atoms with E-state index in [0.717, 1.165) is 26.4 Å². The molecule has 0 amide bonds. The number of hydrogen-bond donors (Lipinski definition) is 0. The van der Waals surface area contributed by atoms with E-state index in [1.165, 1.54) is 5.56 Å². The zero-order valence-electron chi connectivity index (χ0n) is 10.8. The van der Waals surface area contributed by atoms with Gasteiger partial charge in [0.05, 0.1) is 0 Å². The highest BCUT2D eigenvalue weighted by atomic mass is 32.2. The average Bonchev–Trinajstić information content (AvgIpc) is 2.81. The third kappa shape index (κ3) is 2.77. The monoisotopic (exact) mass is 288 g/mol. The molecule has 0 spiro atoms. The van der Waals surface area contributed by atoms with Gasteiger partial charge in [-0.3, -0.25) is 0 Å². The Bertz CT molecular complexity index is 707. The van der Waals surface area contributed by atoms with E-state index in [9.17, 15) is 0 Å². The fraction of sp³-hybridized carbons (Fsp3) is 0.214. The SMILES string of the molecule is Cc1cc(C)[n+]2nc(SCc3ccccc3)sc2n1. The molecule has 0 aliphatic carbocycles. The molecule has 0 fully saturated rings. The Balaban J connectivity index is 1.84. The first-order valence-electron chi connectivity index (χ1n) is 6.06. The molecule has 0 atom stereocenters. The lowest BCUT2D eigenvalue weighted by Gasteiger charge is -1.95. The maximum Gasteiger partial charge on any atom is 0.410 e. The van der Waals surface area contributed by atoms with Crippen LogP contribution in [0.25, 0.3) is 4.96 Å². The average molecular weight is 288 g/mol. The lowest BCUT2D eigenvalue weighted by Crippen LogP contribution is -2.28. The van der Waals surface area contributed by atoms with Gasteiger partial charge >= 0.3 is 4.96 Å². The molecule has 3 rings (SSSR count). The van der Waals surface area contributed by atoms with Crippen molar-refractivity contribution in [2.24, 2.45) is 0 Å². The molecule has 0 aliphatic rings. The van der Waals surface area contributed by atoms with Gasteiger partial charge in [-0.15, -0.1) is 0 Å². The predicted octanol–water partition coefficient (Wildman–Crippen LogP) is 3.19. The number of aryl methyl sites for hydroxylation is 2. The maximum atomic E-state index is 4.60. The van der Waals surface area contributed by atoms with Crippen LogP contribution < -0.4 is 4.52 Å². The number of fused-ring (bicyclic) bond motifs is 1. The van der Waals surface area contributed by atoms with Gasteiger partial charge in [0.1, 0.15) is 5.69 Å². The molecule has 96 valence electrons. The van der Waals surface area contributed by atoms with Gasteiger partial charge in [-0.25, -0.2) is 0 Å².